The van der Waals surface area contributed by atoms with Crippen molar-refractivity contribution in [3.63, 3.8) is 0 Å². The summed E-state index contributed by atoms with van der Waals surface area (Å²) in [6.45, 7) is -0.192. The summed E-state index contributed by atoms with van der Waals surface area (Å²) in [5.41, 5.74) is 1.58. The second-order valence-electron chi connectivity index (χ2n) is 10.1. The van der Waals surface area contributed by atoms with E-state index in [-0.39, 0.29) is 26.3 Å². The van der Waals surface area contributed by atoms with E-state index < -0.39 is 61.1 Å². The van der Waals surface area contributed by atoms with Crippen molar-refractivity contribution in [1.82, 2.24) is 20.4 Å². The van der Waals surface area contributed by atoms with E-state index in [4.69, 9.17) is 14.2 Å². The Balaban J connectivity index is 1.20. The van der Waals surface area contributed by atoms with Crippen LogP contribution in [0.1, 0.15) is 36.8 Å². The second-order valence-corrected chi connectivity index (χ2v) is 10.1. The predicted molar refractivity (Wildman–Crippen MR) is 150 cm³/mol. The third-order valence-corrected chi connectivity index (χ3v) is 7.09. The van der Waals surface area contributed by atoms with Gasteiger partial charge in [0.05, 0.1) is 0 Å². The lowest BCUT2D eigenvalue weighted by Gasteiger charge is -2.25. The van der Waals surface area contributed by atoms with Crippen LogP contribution in [0, 0.1) is 0 Å². The Kier molecular flexibility index (Phi) is 11.1. The van der Waals surface area contributed by atoms with Crippen LogP contribution >= 0.6 is 0 Å². The Labute approximate surface area is 248 Å². The highest BCUT2D eigenvalue weighted by Gasteiger charge is 2.40. The molecule has 2 heterocycles. The van der Waals surface area contributed by atoms with Gasteiger partial charge in [0.1, 0.15) is 38.4 Å². The van der Waals surface area contributed by atoms with Gasteiger partial charge >= 0.3 is 24.1 Å². The van der Waals surface area contributed by atoms with Gasteiger partial charge in [0.2, 0.25) is 11.8 Å². The maximum absolute atomic E-state index is 12.9. The largest absolute Gasteiger partial charge is 0.445 e. The molecule has 4 rings (SSSR count). The first-order valence-electron chi connectivity index (χ1n) is 14.1. The van der Waals surface area contributed by atoms with Crippen molar-refractivity contribution >= 4 is 35.9 Å². The van der Waals surface area contributed by atoms with Crippen molar-refractivity contribution in [2.24, 2.45) is 0 Å². The highest BCUT2D eigenvalue weighted by Crippen LogP contribution is 2.22. The second kappa shape index (κ2) is 15.3. The Bertz CT molecular complexity index is 1210. The summed E-state index contributed by atoms with van der Waals surface area (Å²) in [7, 11) is 0. The fraction of sp³-hybridized carbons (Fsp3) is 0.400. The van der Waals surface area contributed by atoms with Crippen molar-refractivity contribution in [3.8, 4) is 0 Å². The minimum Gasteiger partial charge on any atom is -0.445 e. The van der Waals surface area contributed by atoms with Gasteiger partial charge < -0.3 is 34.6 Å². The first kappa shape index (κ1) is 31.0. The minimum atomic E-state index is -0.995. The smallest absolute Gasteiger partial charge is 0.407 e. The van der Waals surface area contributed by atoms with Crippen LogP contribution in [-0.4, -0.2) is 84.0 Å². The van der Waals surface area contributed by atoms with E-state index in [1.54, 1.807) is 24.3 Å². The van der Waals surface area contributed by atoms with Crippen molar-refractivity contribution in [1.29, 1.82) is 0 Å². The van der Waals surface area contributed by atoms with E-state index in [1.165, 1.54) is 9.80 Å². The Morgan fingerprint density at radius 2 is 1.02 bits per heavy atom. The van der Waals surface area contributed by atoms with Gasteiger partial charge in [-0.1, -0.05) is 60.7 Å². The molecule has 0 radical (unpaired) electrons. The number of hydrogen-bond acceptors (Lipinski definition) is 9. The molecule has 2 aliphatic rings. The van der Waals surface area contributed by atoms with Crippen LogP contribution in [0.4, 0.5) is 9.59 Å². The van der Waals surface area contributed by atoms with Crippen molar-refractivity contribution in [2.75, 3.05) is 26.2 Å². The lowest BCUT2D eigenvalue weighted by atomic mass is 10.2. The molecule has 2 aliphatic heterocycles. The number of rotatable bonds is 10. The molecule has 43 heavy (non-hydrogen) atoms. The summed E-state index contributed by atoms with van der Waals surface area (Å²) in [4.78, 5) is 77.8. The van der Waals surface area contributed by atoms with Gasteiger partial charge in [0, 0.05) is 13.1 Å². The predicted octanol–water partition coefficient (Wildman–Crippen LogP) is 1.89. The normalized spacial score (nSPS) is 17.6. The van der Waals surface area contributed by atoms with E-state index >= 15 is 0 Å². The van der Waals surface area contributed by atoms with Gasteiger partial charge in [0.25, 0.3) is 0 Å². The topological polar surface area (TPSA) is 161 Å². The molecule has 13 heteroatoms. The molecule has 2 aromatic carbocycles. The molecule has 0 aliphatic carbocycles. The molecule has 0 spiro atoms. The average Bonchev–Trinajstić information content (AvgIpc) is 3.72. The summed E-state index contributed by atoms with van der Waals surface area (Å²) in [6.07, 6.45) is 0.0413. The van der Waals surface area contributed by atoms with E-state index in [1.807, 2.05) is 36.4 Å². The Hall–Kier alpha value is -4.94. The van der Waals surface area contributed by atoms with Gasteiger partial charge in [-0.3, -0.25) is 9.59 Å². The van der Waals surface area contributed by atoms with E-state index in [9.17, 15) is 28.8 Å². The van der Waals surface area contributed by atoms with Crippen LogP contribution < -0.4 is 10.6 Å². The van der Waals surface area contributed by atoms with Crippen LogP contribution in [0.25, 0.3) is 0 Å². The summed E-state index contributed by atoms with van der Waals surface area (Å²) in [6, 6.07) is 16.1. The number of benzene rings is 2. The number of amides is 4. The number of carbonyl (C=O) groups excluding carboxylic acids is 6. The quantitative estimate of drug-likeness (QED) is 0.238. The third kappa shape index (κ3) is 9.02. The fourth-order valence-corrected chi connectivity index (χ4v) is 4.90. The molecule has 2 aromatic rings. The van der Waals surface area contributed by atoms with E-state index in [0.717, 1.165) is 11.1 Å². The lowest BCUT2D eigenvalue weighted by molar-refractivity contribution is -0.168. The first-order valence-corrected chi connectivity index (χ1v) is 14.1. The number of nitrogens with one attached hydrogen (secondary N) is 2. The molecule has 2 unspecified atom stereocenters. The monoisotopic (exact) mass is 594 g/mol. The molecule has 0 saturated carbocycles. The summed E-state index contributed by atoms with van der Waals surface area (Å²) in [5, 5.41) is 4.75. The van der Waals surface area contributed by atoms with Crippen LogP contribution in [-0.2, 0) is 46.6 Å². The van der Waals surface area contributed by atoms with Gasteiger partial charge in [-0.05, 0) is 36.8 Å². The van der Waals surface area contributed by atoms with Crippen molar-refractivity contribution in [2.45, 2.75) is 51.0 Å². The number of nitrogens with zero attached hydrogens (tertiary/aromatic N) is 2. The molecule has 2 atom stereocenters. The van der Waals surface area contributed by atoms with Gasteiger partial charge in [-0.2, -0.15) is 0 Å². The number of hydrogen-bond donors (Lipinski definition) is 2. The number of alkyl carbamates (subject to hydrolysis) is 2. The van der Waals surface area contributed by atoms with Gasteiger partial charge in [-0.25, -0.2) is 19.2 Å². The number of ether oxygens (including phenoxy) is 3. The Morgan fingerprint density at radius 1 is 0.628 bits per heavy atom. The van der Waals surface area contributed by atoms with Crippen LogP contribution in [0.2, 0.25) is 0 Å². The molecule has 0 aromatic heterocycles. The number of esters is 2. The van der Waals surface area contributed by atoms with Crippen LogP contribution in [0.3, 0.4) is 0 Å². The SMILES string of the molecule is O=C(NCC(=O)N1CCCC1C(=O)OC(=O)C1CCCN1C(=O)CNC(=O)OCc1ccccc1)OCc1ccccc1. The zero-order valence-electron chi connectivity index (χ0n) is 23.6. The number of likely N-dealkylation sites (tertiary alicyclic amines) is 2. The van der Waals surface area contributed by atoms with Gasteiger partial charge in [-0.15, -0.1) is 0 Å². The molecule has 2 N–H and O–H groups in total. The summed E-state index contributed by atoms with van der Waals surface area (Å²) >= 11 is 0. The standard InChI is InChI=1S/C30H34N4O9/c35-25(17-31-29(39)41-19-21-9-3-1-4-10-21)33-15-7-13-23(33)27(37)43-28(38)24-14-8-16-34(24)26(36)18-32-30(40)42-20-22-11-5-2-6-12-22/h1-6,9-12,23-24H,7-8,13-20H2,(H,31,39)(H,32,40). The maximum atomic E-state index is 12.9. The van der Waals surface area contributed by atoms with Crippen molar-refractivity contribution < 1.29 is 43.0 Å². The lowest BCUT2D eigenvalue weighted by Crippen LogP contribution is -2.49. The molecule has 4 amide bonds. The maximum Gasteiger partial charge on any atom is 0.407 e. The highest BCUT2D eigenvalue weighted by molar-refractivity contribution is 5.96. The molecule has 2 fully saturated rings. The molecule has 13 nitrogen and oxygen atoms in total. The van der Waals surface area contributed by atoms with Crippen LogP contribution in [0.5, 0.6) is 0 Å². The van der Waals surface area contributed by atoms with E-state index in [2.05, 4.69) is 10.6 Å². The Morgan fingerprint density at radius 3 is 1.42 bits per heavy atom. The zero-order chi connectivity index (χ0) is 30.6. The third-order valence-electron chi connectivity index (χ3n) is 7.09. The molecule has 228 valence electrons. The average molecular weight is 595 g/mol. The molecular formula is C30H34N4O9. The fourth-order valence-electron chi connectivity index (χ4n) is 4.90. The highest BCUT2D eigenvalue weighted by atomic mass is 16.6. The molecular weight excluding hydrogens is 560 g/mol. The first-order chi connectivity index (χ1) is 20.8. The summed E-state index contributed by atoms with van der Waals surface area (Å²) in [5.74, 6) is -2.84. The zero-order valence-corrected chi connectivity index (χ0v) is 23.6. The van der Waals surface area contributed by atoms with Crippen LogP contribution in [0.15, 0.2) is 60.7 Å². The number of carbonyl (C=O) groups is 6. The van der Waals surface area contributed by atoms with E-state index in [0.29, 0.717) is 25.7 Å². The molecule has 0 bridgehead atoms. The summed E-state index contributed by atoms with van der Waals surface area (Å²) < 4.78 is 15.3. The minimum absolute atomic E-state index is 0.0384. The van der Waals surface area contributed by atoms with Crippen molar-refractivity contribution in [3.05, 3.63) is 71.8 Å². The molecule has 2 saturated heterocycles. The van der Waals surface area contributed by atoms with Gasteiger partial charge in [0.15, 0.2) is 0 Å².